The van der Waals surface area contributed by atoms with E-state index in [1.54, 1.807) is 0 Å². The molecule has 0 aromatic heterocycles. The second-order valence-corrected chi connectivity index (χ2v) is 4.93. The number of benzene rings is 2. The van der Waals surface area contributed by atoms with Crippen molar-refractivity contribution in [2.75, 3.05) is 0 Å². The molecule has 0 heterocycles. The summed E-state index contributed by atoms with van der Waals surface area (Å²) in [6.45, 7) is 1.96. The summed E-state index contributed by atoms with van der Waals surface area (Å²) in [5.41, 5.74) is 9.34. The van der Waals surface area contributed by atoms with Crippen LogP contribution in [-0.4, -0.2) is 25.8 Å². The standard InChI is InChI=1S/C8H11N3.C6H3N3O7/c1-6-4-2-3-5-7(6)11-8(9)10;10-6-4(8(13)14)1-3(7(11)12)2-5(6)9(15)16/h2-5H,1H3,(H4,9,10,11);1-2,10H. The van der Waals surface area contributed by atoms with Crippen LogP contribution in [0.1, 0.15) is 5.56 Å². The predicted molar refractivity (Wildman–Crippen MR) is 94.7 cm³/mol. The molecule has 0 saturated carbocycles. The smallest absolute Gasteiger partial charge is 0.324 e. The quantitative estimate of drug-likeness (QED) is 0.306. The molecule has 27 heavy (non-hydrogen) atoms. The molecular weight excluding hydrogens is 364 g/mol. The molecule has 0 radical (unpaired) electrons. The number of hydrogen-bond acceptors (Lipinski definition) is 8. The molecule has 13 nitrogen and oxygen atoms in total. The minimum absolute atomic E-state index is 0.0966. The predicted octanol–water partition coefficient (Wildman–Crippen LogP) is 2.02. The summed E-state index contributed by atoms with van der Waals surface area (Å²) in [6.07, 6.45) is 0. The van der Waals surface area contributed by atoms with Gasteiger partial charge < -0.3 is 16.6 Å². The number of guanidine groups is 1. The number of aliphatic imine (C=N–C) groups is 1. The molecule has 0 bridgehead atoms. The van der Waals surface area contributed by atoms with Crippen LogP contribution < -0.4 is 11.5 Å². The van der Waals surface area contributed by atoms with Crippen LogP contribution in [0.15, 0.2) is 41.4 Å². The van der Waals surface area contributed by atoms with Crippen LogP contribution in [0.4, 0.5) is 22.7 Å². The summed E-state index contributed by atoms with van der Waals surface area (Å²) < 4.78 is 0. The zero-order valence-corrected chi connectivity index (χ0v) is 13.8. The number of phenols is 1. The molecule has 2 rings (SSSR count). The molecule has 142 valence electrons. The summed E-state index contributed by atoms with van der Waals surface area (Å²) in [5.74, 6) is -1.11. The van der Waals surface area contributed by atoms with Gasteiger partial charge in [-0.25, -0.2) is 4.99 Å². The number of nitrogens with zero attached hydrogens (tertiary/aromatic N) is 4. The number of nitro benzene ring substituents is 3. The molecule has 0 spiro atoms. The second kappa shape index (κ2) is 8.70. The average molecular weight is 378 g/mol. The fraction of sp³-hybridized carbons (Fsp3) is 0.0714. The highest BCUT2D eigenvalue weighted by atomic mass is 16.6. The highest BCUT2D eigenvalue weighted by Crippen LogP contribution is 2.38. The Morgan fingerprint density at radius 1 is 0.963 bits per heavy atom. The van der Waals surface area contributed by atoms with Crippen molar-refractivity contribution in [2.24, 2.45) is 16.5 Å². The van der Waals surface area contributed by atoms with Gasteiger partial charge in [0.2, 0.25) is 0 Å². The zero-order chi connectivity index (χ0) is 20.7. The molecule has 0 atom stereocenters. The number of hydrogen-bond donors (Lipinski definition) is 3. The van der Waals surface area contributed by atoms with E-state index in [-0.39, 0.29) is 5.96 Å². The molecule has 2 aromatic rings. The molecule has 0 aliphatic rings. The number of nitrogens with two attached hydrogens (primary N) is 2. The Morgan fingerprint density at radius 2 is 1.44 bits per heavy atom. The largest absolute Gasteiger partial charge is 0.497 e. The summed E-state index contributed by atoms with van der Waals surface area (Å²) in [5, 5.41) is 40.2. The van der Waals surface area contributed by atoms with E-state index >= 15 is 0 Å². The highest BCUT2D eigenvalue weighted by Gasteiger charge is 2.30. The Morgan fingerprint density at radius 3 is 1.81 bits per heavy atom. The van der Waals surface area contributed by atoms with Gasteiger partial charge >= 0.3 is 11.4 Å². The zero-order valence-electron chi connectivity index (χ0n) is 13.8. The Balaban J connectivity index is 0.000000289. The van der Waals surface area contributed by atoms with Crippen molar-refractivity contribution in [1.82, 2.24) is 0 Å². The van der Waals surface area contributed by atoms with E-state index < -0.39 is 37.6 Å². The Hall–Kier alpha value is -4.29. The lowest BCUT2D eigenvalue weighted by atomic mass is 10.2. The van der Waals surface area contributed by atoms with Gasteiger partial charge in [-0.1, -0.05) is 18.2 Å². The summed E-state index contributed by atoms with van der Waals surface area (Å²) in [6, 6.07) is 8.57. The van der Waals surface area contributed by atoms with Gasteiger partial charge in [-0.2, -0.15) is 0 Å². The van der Waals surface area contributed by atoms with Crippen molar-refractivity contribution in [2.45, 2.75) is 6.92 Å². The topological polar surface area (TPSA) is 214 Å². The van der Waals surface area contributed by atoms with Crippen molar-refractivity contribution in [3.8, 4) is 5.75 Å². The maximum atomic E-state index is 10.4. The average Bonchev–Trinajstić information content (AvgIpc) is 2.56. The van der Waals surface area contributed by atoms with Gasteiger partial charge in [0, 0.05) is 0 Å². The van der Waals surface area contributed by atoms with E-state index in [9.17, 15) is 30.3 Å². The molecule has 13 heteroatoms. The van der Waals surface area contributed by atoms with Crippen molar-refractivity contribution in [1.29, 1.82) is 0 Å². The van der Waals surface area contributed by atoms with Crippen LogP contribution in [0, 0.1) is 37.3 Å². The maximum absolute atomic E-state index is 10.4. The molecule has 0 unspecified atom stereocenters. The maximum Gasteiger partial charge on any atom is 0.324 e. The first-order chi connectivity index (χ1) is 12.5. The molecule has 0 saturated heterocycles. The Labute approximate surface area is 151 Å². The number of aryl methyl sites for hydroxylation is 1. The second-order valence-electron chi connectivity index (χ2n) is 4.93. The Kier molecular flexibility index (Phi) is 6.69. The van der Waals surface area contributed by atoms with E-state index in [0.717, 1.165) is 11.3 Å². The van der Waals surface area contributed by atoms with E-state index in [2.05, 4.69) is 4.99 Å². The van der Waals surface area contributed by atoms with E-state index in [4.69, 9.17) is 16.6 Å². The molecule has 0 aliphatic heterocycles. The van der Waals surface area contributed by atoms with E-state index in [1.165, 1.54) is 0 Å². The summed E-state index contributed by atoms with van der Waals surface area (Å²) >= 11 is 0. The van der Waals surface area contributed by atoms with Crippen molar-refractivity contribution in [3.63, 3.8) is 0 Å². The van der Waals surface area contributed by atoms with Crippen molar-refractivity contribution >= 4 is 28.7 Å². The lowest BCUT2D eigenvalue weighted by Gasteiger charge is -1.97. The van der Waals surface area contributed by atoms with Crippen LogP contribution in [-0.2, 0) is 0 Å². The number of para-hydroxylation sites is 1. The monoisotopic (exact) mass is 378 g/mol. The molecule has 2 aromatic carbocycles. The van der Waals surface area contributed by atoms with Crippen LogP contribution in [0.25, 0.3) is 0 Å². The third-order valence-corrected chi connectivity index (χ3v) is 3.02. The first-order valence-electron chi connectivity index (χ1n) is 7.00. The van der Waals surface area contributed by atoms with Gasteiger partial charge in [-0.3, -0.25) is 30.3 Å². The fourth-order valence-corrected chi connectivity index (χ4v) is 1.80. The lowest BCUT2D eigenvalue weighted by molar-refractivity contribution is -0.404. The van der Waals surface area contributed by atoms with Gasteiger partial charge in [-0.15, -0.1) is 0 Å². The van der Waals surface area contributed by atoms with Gasteiger partial charge in [0.15, 0.2) is 5.96 Å². The van der Waals surface area contributed by atoms with Gasteiger partial charge in [0.25, 0.3) is 11.4 Å². The van der Waals surface area contributed by atoms with Gasteiger partial charge in [0.05, 0.1) is 32.6 Å². The third-order valence-electron chi connectivity index (χ3n) is 3.02. The summed E-state index contributed by atoms with van der Waals surface area (Å²) in [7, 11) is 0. The minimum Gasteiger partial charge on any atom is -0.497 e. The van der Waals surface area contributed by atoms with E-state index in [1.807, 2.05) is 31.2 Å². The van der Waals surface area contributed by atoms with Gasteiger partial charge in [0.1, 0.15) is 0 Å². The van der Waals surface area contributed by atoms with E-state index in [0.29, 0.717) is 12.1 Å². The van der Waals surface area contributed by atoms with Crippen molar-refractivity contribution < 1.29 is 19.9 Å². The molecule has 5 N–H and O–H groups in total. The first-order valence-corrected chi connectivity index (χ1v) is 7.00. The molecule has 0 fully saturated rings. The fourth-order valence-electron chi connectivity index (χ4n) is 1.80. The van der Waals surface area contributed by atoms with Crippen LogP contribution in [0.2, 0.25) is 0 Å². The first kappa shape index (κ1) is 20.8. The highest BCUT2D eigenvalue weighted by molar-refractivity contribution is 5.79. The number of rotatable bonds is 4. The molecule has 0 aliphatic carbocycles. The Bertz CT molecular complexity index is 889. The number of phenolic OH excluding ortho intramolecular Hbond substituents is 1. The van der Waals surface area contributed by atoms with Gasteiger partial charge in [-0.05, 0) is 18.6 Å². The SMILES string of the molecule is Cc1ccccc1N=C(N)N.O=[N+]([O-])c1cc([N+](=O)[O-])c(O)c([N+](=O)[O-])c1. The third kappa shape index (κ3) is 5.63. The lowest BCUT2D eigenvalue weighted by Crippen LogP contribution is -2.21. The number of nitro groups is 3. The summed E-state index contributed by atoms with van der Waals surface area (Å²) in [4.78, 5) is 31.7. The molecular formula is C14H14N6O7. The number of non-ortho nitro benzene ring substituents is 1. The molecule has 0 amide bonds. The normalized spacial score (nSPS) is 9.52. The van der Waals surface area contributed by atoms with Crippen LogP contribution in [0.5, 0.6) is 5.75 Å². The van der Waals surface area contributed by atoms with Crippen LogP contribution >= 0.6 is 0 Å². The van der Waals surface area contributed by atoms with Crippen molar-refractivity contribution in [3.05, 3.63) is 72.3 Å². The minimum atomic E-state index is -1.21. The number of aromatic hydroxyl groups is 1. The van der Waals surface area contributed by atoms with Crippen LogP contribution in [0.3, 0.4) is 0 Å².